The minimum absolute atomic E-state index is 0.519. The van der Waals surface area contributed by atoms with Gasteiger partial charge in [-0.2, -0.15) is 0 Å². The van der Waals surface area contributed by atoms with Gasteiger partial charge in [0.15, 0.2) is 0 Å². The molecule has 0 heterocycles. The van der Waals surface area contributed by atoms with Crippen LogP contribution in [0.15, 0.2) is 0 Å². The Hall–Kier alpha value is -0.410. The van der Waals surface area contributed by atoms with Gasteiger partial charge < -0.3 is 15.6 Å². The van der Waals surface area contributed by atoms with Gasteiger partial charge in [0.2, 0.25) is 0 Å². The monoisotopic (exact) mass is 103 g/mol. The van der Waals surface area contributed by atoms with Crippen molar-refractivity contribution in [2.24, 2.45) is 5.73 Å². The van der Waals surface area contributed by atoms with Gasteiger partial charge in [0.25, 0.3) is 0 Å². The van der Waals surface area contributed by atoms with Crippen LogP contribution in [0.5, 0.6) is 0 Å². The van der Waals surface area contributed by atoms with Crippen LogP contribution in [0.25, 0.3) is 0 Å². The lowest BCUT2D eigenvalue weighted by atomic mass is 10.2. The van der Waals surface area contributed by atoms with E-state index in [0.717, 1.165) is 0 Å². The summed E-state index contributed by atoms with van der Waals surface area (Å²) >= 11 is 0. The molecule has 0 aromatic rings. The molecule has 7 heavy (non-hydrogen) atoms. The number of carbonyl (C=O) groups excluding carboxylic acids is 1. The Morgan fingerprint density at radius 2 is 2.29 bits per heavy atom. The molecule has 2 atom stereocenters. The van der Waals surface area contributed by atoms with Crippen molar-refractivity contribution in [3.05, 3.63) is 0 Å². The highest BCUT2D eigenvalue weighted by atomic mass is 16.3. The molecule has 0 aromatic carbocycles. The standard InChI is InChI=1S/C4H9NO2/c1-3(7)4(5)2-6/h2-4,7H,5H2,1H3/t3?,4-/m0/s1. The zero-order chi connectivity index (χ0) is 5.86. The Morgan fingerprint density at radius 1 is 1.86 bits per heavy atom. The summed E-state index contributed by atoms with van der Waals surface area (Å²) in [5, 5.41) is 8.46. The minimum Gasteiger partial charge on any atom is -0.391 e. The average molecular weight is 103 g/mol. The van der Waals surface area contributed by atoms with Gasteiger partial charge in [-0.05, 0) is 6.92 Å². The van der Waals surface area contributed by atoms with Crippen molar-refractivity contribution in [1.82, 2.24) is 0 Å². The molecular formula is C4H9NO2. The van der Waals surface area contributed by atoms with Crippen LogP contribution in [0.3, 0.4) is 0 Å². The SMILES string of the molecule is CC(O)[C@@H](N)C=O. The molecule has 0 bridgehead atoms. The predicted octanol–water partition coefficient (Wildman–Crippen LogP) is -1.11. The van der Waals surface area contributed by atoms with Crippen molar-refractivity contribution in [1.29, 1.82) is 0 Å². The van der Waals surface area contributed by atoms with Crippen molar-refractivity contribution in [2.75, 3.05) is 0 Å². The summed E-state index contributed by atoms with van der Waals surface area (Å²) in [6, 6.07) is -0.722. The Labute approximate surface area is 42.1 Å². The third-order valence-corrected chi connectivity index (χ3v) is 0.714. The first kappa shape index (κ1) is 6.59. The summed E-state index contributed by atoms with van der Waals surface area (Å²) in [5.41, 5.74) is 5.00. The maximum absolute atomic E-state index is 9.66. The minimum atomic E-state index is -0.725. The quantitative estimate of drug-likeness (QED) is 0.436. The van der Waals surface area contributed by atoms with E-state index in [9.17, 15) is 4.79 Å². The molecule has 0 saturated heterocycles. The van der Waals surface area contributed by atoms with Crippen LogP contribution < -0.4 is 5.73 Å². The Balaban J connectivity index is 3.33. The van der Waals surface area contributed by atoms with Crippen molar-refractivity contribution in [3.63, 3.8) is 0 Å². The number of hydrogen-bond donors (Lipinski definition) is 2. The maximum Gasteiger partial charge on any atom is 0.139 e. The summed E-state index contributed by atoms with van der Waals surface area (Å²) in [6.07, 6.45) is -0.206. The molecule has 0 spiro atoms. The van der Waals surface area contributed by atoms with E-state index >= 15 is 0 Å². The highest BCUT2D eigenvalue weighted by Crippen LogP contribution is 1.80. The zero-order valence-corrected chi connectivity index (χ0v) is 4.16. The first-order valence-electron chi connectivity index (χ1n) is 2.07. The molecule has 42 valence electrons. The first-order valence-corrected chi connectivity index (χ1v) is 2.07. The van der Waals surface area contributed by atoms with Gasteiger partial charge in [0.1, 0.15) is 6.29 Å². The maximum atomic E-state index is 9.66. The van der Waals surface area contributed by atoms with Gasteiger partial charge in [-0.3, -0.25) is 0 Å². The highest BCUT2D eigenvalue weighted by Gasteiger charge is 2.04. The summed E-state index contributed by atoms with van der Waals surface area (Å²) in [7, 11) is 0. The fourth-order valence-corrected chi connectivity index (χ4v) is 0.114. The Bertz CT molecular complexity index is 62.7. The van der Waals surface area contributed by atoms with Crippen molar-refractivity contribution in [2.45, 2.75) is 19.1 Å². The molecule has 3 heteroatoms. The van der Waals surface area contributed by atoms with E-state index in [1.165, 1.54) is 6.92 Å². The van der Waals surface area contributed by atoms with Crippen LogP contribution in [0.4, 0.5) is 0 Å². The largest absolute Gasteiger partial charge is 0.391 e. The zero-order valence-electron chi connectivity index (χ0n) is 4.16. The van der Waals surface area contributed by atoms with Crippen LogP contribution in [-0.2, 0) is 4.79 Å². The van der Waals surface area contributed by atoms with Crippen LogP contribution in [0.2, 0.25) is 0 Å². The molecule has 0 amide bonds. The van der Waals surface area contributed by atoms with Gasteiger partial charge in [-0.25, -0.2) is 0 Å². The molecule has 0 rings (SSSR count). The lowest BCUT2D eigenvalue weighted by Gasteiger charge is -2.03. The van der Waals surface area contributed by atoms with Crippen molar-refractivity contribution >= 4 is 6.29 Å². The van der Waals surface area contributed by atoms with Crippen molar-refractivity contribution in [3.8, 4) is 0 Å². The van der Waals surface area contributed by atoms with Gasteiger partial charge in [0.05, 0.1) is 12.1 Å². The average Bonchev–Trinajstić information content (AvgIpc) is 1.65. The Morgan fingerprint density at radius 3 is 2.29 bits per heavy atom. The predicted molar refractivity (Wildman–Crippen MR) is 25.7 cm³/mol. The third-order valence-electron chi connectivity index (χ3n) is 0.714. The molecule has 3 N–H and O–H groups in total. The number of aliphatic hydroxyl groups excluding tert-OH is 1. The second kappa shape index (κ2) is 2.71. The number of carbonyl (C=O) groups is 1. The van der Waals surface area contributed by atoms with E-state index in [4.69, 9.17) is 10.8 Å². The lowest BCUT2D eigenvalue weighted by Crippen LogP contribution is -2.33. The number of rotatable bonds is 2. The summed E-state index contributed by atoms with van der Waals surface area (Å²) in [4.78, 5) is 9.66. The van der Waals surface area contributed by atoms with E-state index < -0.39 is 12.1 Å². The summed E-state index contributed by atoms with van der Waals surface area (Å²) in [6.45, 7) is 1.47. The van der Waals surface area contributed by atoms with Gasteiger partial charge in [-0.1, -0.05) is 0 Å². The molecule has 3 nitrogen and oxygen atoms in total. The summed E-state index contributed by atoms with van der Waals surface area (Å²) in [5.74, 6) is 0. The molecule has 0 fully saturated rings. The number of hydrogen-bond acceptors (Lipinski definition) is 3. The summed E-state index contributed by atoms with van der Waals surface area (Å²) < 4.78 is 0. The molecule has 0 aliphatic rings. The molecule has 0 saturated carbocycles. The molecule has 1 unspecified atom stereocenters. The van der Waals surface area contributed by atoms with E-state index in [1.807, 2.05) is 0 Å². The van der Waals surface area contributed by atoms with Crippen LogP contribution >= 0.6 is 0 Å². The van der Waals surface area contributed by atoms with Gasteiger partial charge in [0, 0.05) is 0 Å². The van der Waals surface area contributed by atoms with E-state index in [-0.39, 0.29) is 0 Å². The fourth-order valence-electron chi connectivity index (χ4n) is 0.114. The first-order chi connectivity index (χ1) is 3.18. The second-order valence-corrected chi connectivity index (χ2v) is 1.45. The van der Waals surface area contributed by atoms with Gasteiger partial charge >= 0.3 is 0 Å². The lowest BCUT2D eigenvalue weighted by molar-refractivity contribution is -0.110. The number of nitrogens with two attached hydrogens (primary N) is 1. The number of aliphatic hydroxyl groups is 1. The van der Waals surface area contributed by atoms with Crippen LogP contribution in [-0.4, -0.2) is 23.5 Å². The molecule has 0 aromatic heterocycles. The van der Waals surface area contributed by atoms with E-state index in [1.54, 1.807) is 0 Å². The Kier molecular flexibility index (Phi) is 2.55. The van der Waals surface area contributed by atoms with Crippen molar-refractivity contribution < 1.29 is 9.90 Å². The topological polar surface area (TPSA) is 63.3 Å². The van der Waals surface area contributed by atoms with E-state index in [0.29, 0.717) is 6.29 Å². The molecule has 0 aliphatic heterocycles. The molecule has 0 aliphatic carbocycles. The van der Waals surface area contributed by atoms with E-state index in [2.05, 4.69) is 0 Å². The molecule has 0 radical (unpaired) electrons. The third kappa shape index (κ3) is 2.31. The smallest absolute Gasteiger partial charge is 0.139 e. The normalized spacial score (nSPS) is 18.1. The highest BCUT2D eigenvalue weighted by molar-refractivity contribution is 5.57. The van der Waals surface area contributed by atoms with Gasteiger partial charge in [-0.15, -0.1) is 0 Å². The second-order valence-electron chi connectivity index (χ2n) is 1.45. The number of aldehydes is 1. The molecular weight excluding hydrogens is 94.0 g/mol. The fraction of sp³-hybridized carbons (Fsp3) is 0.750. The van der Waals surface area contributed by atoms with Crippen LogP contribution in [0, 0.1) is 0 Å². The van der Waals surface area contributed by atoms with Crippen LogP contribution in [0.1, 0.15) is 6.92 Å².